The highest BCUT2D eigenvalue weighted by Gasteiger charge is 2.27. The molecule has 2 heterocycles. The van der Waals surface area contributed by atoms with E-state index in [2.05, 4.69) is 10.2 Å². The lowest BCUT2D eigenvalue weighted by atomic mass is 10.1. The number of ether oxygens (including phenoxy) is 3. The van der Waals surface area contributed by atoms with Gasteiger partial charge in [0, 0.05) is 18.8 Å². The normalized spacial score (nSPS) is 16.2. The number of carbonyl (C=O) groups is 2. The highest BCUT2D eigenvalue weighted by Crippen LogP contribution is 2.35. The highest BCUT2D eigenvalue weighted by atomic mass is 16.5. The molecule has 0 aromatic heterocycles. The molecule has 2 amide bonds. The summed E-state index contributed by atoms with van der Waals surface area (Å²) >= 11 is 0. The quantitative estimate of drug-likeness (QED) is 0.714. The molecule has 8 heteroatoms. The molecule has 0 bridgehead atoms. The molecule has 1 N–H and O–H groups in total. The Morgan fingerprint density at radius 1 is 1.03 bits per heavy atom. The van der Waals surface area contributed by atoms with Crippen molar-refractivity contribution in [2.45, 2.75) is 19.3 Å². The third-order valence-electron chi connectivity index (χ3n) is 5.90. The SMILES string of the molecule is COc1cccc(OC)c1C(=O)Nc1ccc2c(c1)N(CCN1CCCCC1)C(=O)CO2. The van der Waals surface area contributed by atoms with Gasteiger partial charge in [-0.05, 0) is 56.3 Å². The average Bonchev–Trinajstić information content (AvgIpc) is 2.83. The van der Waals surface area contributed by atoms with Crippen LogP contribution in [0.4, 0.5) is 11.4 Å². The van der Waals surface area contributed by atoms with E-state index in [1.807, 2.05) is 0 Å². The van der Waals surface area contributed by atoms with Crippen LogP contribution in [0, 0.1) is 0 Å². The molecule has 4 rings (SSSR count). The molecule has 0 saturated carbocycles. The van der Waals surface area contributed by atoms with Crippen molar-refractivity contribution in [1.82, 2.24) is 4.90 Å². The first-order valence-corrected chi connectivity index (χ1v) is 10.9. The third-order valence-corrected chi connectivity index (χ3v) is 5.90. The molecule has 2 aliphatic rings. The summed E-state index contributed by atoms with van der Waals surface area (Å²) in [4.78, 5) is 29.8. The molecule has 0 radical (unpaired) electrons. The van der Waals surface area contributed by atoms with Crippen LogP contribution in [0.1, 0.15) is 29.6 Å². The van der Waals surface area contributed by atoms with Crippen LogP contribution in [0.2, 0.25) is 0 Å². The summed E-state index contributed by atoms with van der Waals surface area (Å²) in [7, 11) is 3.02. The number of likely N-dealkylation sites (tertiary alicyclic amines) is 1. The maximum Gasteiger partial charge on any atom is 0.265 e. The second-order valence-corrected chi connectivity index (χ2v) is 7.91. The Hall–Kier alpha value is -3.26. The van der Waals surface area contributed by atoms with Gasteiger partial charge in [-0.15, -0.1) is 0 Å². The fourth-order valence-corrected chi connectivity index (χ4v) is 4.22. The van der Waals surface area contributed by atoms with Gasteiger partial charge in [-0.25, -0.2) is 0 Å². The molecule has 0 unspecified atom stereocenters. The van der Waals surface area contributed by atoms with Crippen molar-refractivity contribution in [1.29, 1.82) is 0 Å². The van der Waals surface area contributed by atoms with E-state index < -0.39 is 0 Å². The summed E-state index contributed by atoms with van der Waals surface area (Å²) in [6.45, 7) is 3.58. The van der Waals surface area contributed by atoms with Crippen LogP contribution in [-0.2, 0) is 4.79 Å². The molecule has 8 nitrogen and oxygen atoms in total. The molecule has 0 atom stereocenters. The molecular formula is C24H29N3O5. The standard InChI is InChI=1S/C24H29N3O5/c1-30-20-7-6-8-21(31-2)23(20)24(29)25-17-9-10-19-18(15-17)27(22(28)16-32-19)14-13-26-11-4-3-5-12-26/h6-10,15H,3-5,11-14,16H2,1-2H3,(H,25,29). The van der Waals surface area contributed by atoms with Crippen molar-refractivity contribution in [3.63, 3.8) is 0 Å². The molecule has 0 spiro atoms. The Labute approximate surface area is 188 Å². The van der Waals surface area contributed by atoms with Crippen LogP contribution in [0.15, 0.2) is 36.4 Å². The maximum atomic E-state index is 13.0. The molecule has 0 aliphatic carbocycles. The molecular weight excluding hydrogens is 410 g/mol. The fraction of sp³-hybridized carbons (Fsp3) is 0.417. The van der Waals surface area contributed by atoms with Crippen LogP contribution in [-0.4, -0.2) is 63.7 Å². The largest absolute Gasteiger partial charge is 0.496 e. The summed E-state index contributed by atoms with van der Waals surface area (Å²) in [6, 6.07) is 10.5. The summed E-state index contributed by atoms with van der Waals surface area (Å²) in [6.07, 6.45) is 3.68. The minimum atomic E-state index is -0.359. The monoisotopic (exact) mass is 439 g/mol. The number of benzene rings is 2. The zero-order chi connectivity index (χ0) is 22.5. The number of hydrogen-bond donors (Lipinski definition) is 1. The van der Waals surface area contributed by atoms with E-state index >= 15 is 0 Å². The van der Waals surface area contributed by atoms with E-state index in [0.717, 1.165) is 19.6 Å². The van der Waals surface area contributed by atoms with E-state index in [-0.39, 0.29) is 18.4 Å². The summed E-state index contributed by atoms with van der Waals surface area (Å²) in [5, 5.41) is 2.90. The van der Waals surface area contributed by atoms with E-state index in [9.17, 15) is 9.59 Å². The number of nitrogens with zero attached hydrogens (tertiary/aromatic N) is 2. The van der Waals surface area contributed by atoms with Gasteiger partial charge in [-0.2, -0.15) is 0 Å². The van der Waals surface area contributed by atoms with Gasteiger partial charge in [0.2, 0.25) is 0 Å². The summed E-state index contributed by atoms with van der Waals surface area (Å²) < 4.78 is 16.3. The van der Waals surface area contributed by atoms with Crippen molar-refractivity contribution >= 4 is 23.2 Å². The Morgan fingerprint density at radius 3 is 2.44 bits per heavy atom. The van der Waals surface area contributed by atoms with Crippen molar-refractivity contribution in [2.24, 2.45) is 0 Å². The minimum absolute atomic E-state index is 0.0249. The van der Waals surface area contributed by atoms with Crippen LogP contribution in [0.5, 0.6) is 17.2 Å². The van der Waals surface area contributed by atoms with Gasteiger partial charge in [-0.3, -0.25) is 9.59 Å². The lowest BCUT2D eigenvalue weighted by molar-refractivity contribution is -0.121. The molecule has 32 heavy (non-hydrogen) atoms. The highest BCUT2D eigenvalue weighted by molar-refractivity contribution is 6.09. The van der Waals surface area contributed by atoms with Gasteiger partial charge >= 0.3 is 0 Å². The van der Waals surface area contributed by atoms with Crippen LogP contribution >= 0.6 is 0 Å². The number of amides is 2. The number of piperidine rings is 1. The maximum absolute atomic E-state index is 13.0. The van der Waals surface area contributed by atoms with E-state index in [4.69, 9.17) is 14.2 Å². The Morgan fingerprint density at radius 2 is 1.75 bits per heavy atom. The number of carbonyl (C=O) groups excluding carboxylic acids is 2. The number of rotatable bonds is 7. The van der Waals surface area contributed by atoms with E-state index in [0.29, 0.717) is 40.7 Å². The topological polar surface area (TPSA) is 80.3 Å². The molecule has 1 fully saturated rings. The number of fused-ring (bicyclic) bond motifs is 1. The number of nitrogens with one attached hydrogen (secondary N) is 1. The number of methoxy groups -OCH3 is 2. The Balaban J connectivity index is 1.54. The summed E-state index contributed by atoms with van der Waals surface area (Å²) in [5.74, 6) is 1.03. The van der Waals surface area contributed by atoms with Gasteiger partial charge in [-0.1, -0.05) is 12.5 Å². The van der Waals surface area contributed by atoms with E-state index in [1.165, 1.54) is 33.5 Å². The average molecular weight is 440 g/mol. The van der Waals surface area contributed by atoms with Gasteiger partial charge in [0.15, 0.2) is 6.61 Å². The molecule has 2 aromatic carbocycles. The fourth-order valence-electron chi connectivity index (χ4n) is 4.22. The second-order valence-electron chi connectivity index (χ2n) is 7.91. The first-order chi connectivity index (χ1) is 15.6. The van der Waals surface area contributed by atoms with Crippen LogP contribution < -0.4 is 24.4 Å². The minimum Gasteiger partial charge on any atom is -0.496 e. The zero-order valence-electron chi connectivity index (χ0n) is 18.6. The van der Waals surface area contributed by atoms with Crippen molar-refractivity contribution < 1.29 is 23.8 Å². The molecule has 1 saturated heterocycles. The van der Waals surface area contributed by atoms with Crippen molar-refractivity contribution in [3.05, 3.63) is 42.0 Å². The zero-order valence-corrected chi connectivity index (χ0v) is 18.6. The van der Waals surface area contributed by atoms with E-state index in [1.54, 1.807) is 41.3 Å². The van der Waals surface area contributed by atoms with Crippen LogP contribution in [0.25, 0.3) is 0 Å². The first kappa shape index (κ1) is 22.0. The lowest BCUT2D eigenvalue weighted by Gasteiger charge is -2.33. The predicted octanol–water partition coefficient (Wildman–Crippen LogP) is 3.17. The Kier molecular flexibility index (Phi) is 6.80. The molecule has 2 aromatic rings. The number of hydrogen-bond acceptors (Lipinski definition) is 6. The first-order valence-electron chi connectivity index (χ1n) is 10.9. The smallest absolute Gasteiger partial charge is 0.265 e. The van der Waals surface area contributed by atoms with Gasteiger partial charge < -0.3 is 29.3 Å². The van der Waals surface area contributed by atoms with Crippen molar-refractivity contribution in [3.8, 4) is 17.2 Å². The van der Waals surface area contributed by atoms with Gasteiger partial charge in [0.05, 0.1) is 19.9 Å². The second kappa shape index (κ2) is 9.91. The number of anilines is 2. The Bertz CT molecular complexity index is 965. The molecule has 2 aliphatic heterocycles. The summed E-state index contributed by atoms with van der Waals surface area (Å²) in [5.41, 5.74) is 1.54. The van der Waals surface area contributed by atoms with Gasteiger partial charge in [0.25, 0.3) is 11.8 Å². The van der Waals surface area contributed by atoms with Gasteiger partial charge in [0.1, 0.15) is 22.8 Å². The van der Waals surface area contributed by atoms with Crippen molar-refractivity contribution in [2.75, 3.05) is 57.2 Å². The lowest BCUT2D eigenvalue weighted by Crippen LogP contribution is -2.44. The third kappa shape index (κ3) is 4.65. The molecule has 170 valence electrons. The van der Waals surface area contributed by atoms with Crippen LogP contribution in [0.3, 0.4) is 0 Å². The predicted molar refractivity (Wildman–Crippen MR) is 122 cm³/mol.